The van der Waals surface area contributed by atoms with Crippen LogP contribution in [0.4, 0.5) is 0 Å². The highest BCUT2D eigenvalue weighted by Gasteiger charge is 2.04. The van der Waals surface area contributed by atoms with Gasteiger partial charge in [-0.2, -0.15) is 0 Å². The first-order chi connectivity index (χ1) is 6.93. The zero-order valence-corrected chi connectivity index (χ0v) is 9.90. The Bertz CT molecular complexity index is 145. The molecular weight excluding hydrogens is 200 g/mol. The minimum atomic E-state index is -0.833. The number of carbonyl (C=O) groups is 1. The van der Waals surface area contributed by atoms with Crippen molar-refractivity contribution in [2.75, 3.05) is 19.8 Å². The van der Waals surface area contributed by atoms with Crippen LogP contribution in [0.1, 0.15) is 27.7 Å². The average Bonchev–Trinajstić information content (AvgIpc) is 2.14. The lowest BCUT2D eigenvalue weighted by Crippen LogP contribution is -2.22. The first-order valence-corrected chi connectivity index (χ1v) is 4.97. The smallest absolute Gasteiger partial charge is 0.300 e. The van der Waals surface area contributed by atoms with Crippen molar-refractivity contribution in [3.63, 3.8) is 0 Å². The van der Waals surface area contributed by atoms with E-state index >= 15 is 0 Å². The zero-order valence-electron chi connectivity index (χ0n) is 9.90. The molecule has 92 valence electrons. The van der Waals surface area contributed by atoms with Crippen LogP contribution in [0.2, 0.25) is 0 Å². The highest BCUT2D eigenvalue weighted by molar-refractivity contribution is 5.62. The SMILES string of the molecule is CC(=O)O.CCOC(C)COC(C)CO. The van der Waals surface area contributed by atoms with E-state index in [0.717, 1.165) is 6.92 Å². The second-order valence-electron chi connectivity index (χ2n) is 3.11. The van der Waals surface area contributed by atoms with Crippen LogP contribution in [-0.2, 0) is 14.3 Å². The number of aliphatic hydroxyl groups is 1. The van der Waals surface area contributed by atoms with Crippen LogP contribution in [-0.4, -0.2) is 48.2 Å². The molecule has 2 N–H and O–H groups in total. The van der Waals surface area contributed by atoms with Crippen molar-refractivity contribution >= 4 is 5.97 Å². The van der Waals surface area contributed by atoms with Crippen LogP contribution in [0.25, 0.3) is 0 Å². The molecule has 0 amide bonds. The van der Waals surface area contributed by atoms with Crippen LogP contribution in [0.5, 0.6) is 0 Å². The van der Waals surface area contributed by atoms with Crippen molar-refractivity contribution in [2.24, 2.45) is 0 Å². The monoisotopic (exact) mass is 222 g/mol. The maximum atomic E-state index is 9.00. The van der Waals surface area contributed by atoms with Crippen molar-refractivity contribution in [3.05, 3.63) is 0 Å². The molecule has 5 heteroatoms. The first-order valence-electron chi connectivity index (χ1n) is 4.97. The quantitative estimate of drug-likeness (QED) is 0.698. The molecule has 0 saturated heterocycles. The molecule has 2 atom stereocenters. The fourth-order valence-corrected chi connectivity index (χ4v) is 0.685. The lowest BCUT2D eigenvalue weighted by atomic mass is 10.4. The summed E-state index contributed by atoms with van der Waals surface area (Å²) in [7, 11) is 0. The van der Waals surface area contributed by atoms with Gasteiger partial charge >= 0.3 is 0 Å². The van der Waals surface area contributed by atoms with Crippen LogP contribution in [0, 0.1) is 0 Å². The van der Waals surface area contributed by atoms with Gasteiger partial charge in [0.1, 0.15) is 0 Å². The highest BCUT2D eigenvalue weighted by Crippen LogP contribution is 1.95. The van der Waals surface area contributed by atoms with Gasteiger partial charge < -0.3 is 19.7 Å². The van der Waals surface area contributed by atoms with Crippen LogP contribution >= 0.6 is 0 Å². The van der Waals surface area contributed by atoms with Gasteiger partial charge in [-0.15, -0.1) is 0 Å². The van der Waals surface area contributed by atoms with Gasteiger partial charge in [0.25, 0.3) is 5.97 Å². The number of hydrogen-bond donors (Lipinski definition) is 2. The average molecular weight is 222 g/mol. The van der Waals surface area contributed by atoms with E-state index in [0.29, 0.717) is 13.2 Å². The Morgan fingerprint density at radius 2 is 1.73 bits per heavy atom. The molecule has 15 heavy (non-hydrogen) atoms. The predicted octanol–water partition coefficient (Wildman–Crippen LogP) is 0.900. The summed E-state index contributed by atoms with van der Waals surface area (Å²) in [5.41, 5.74) is 0. The molecule has 0 radical (unpaired) electrons. The maximum Gasteiger partial charge on any atom is 0.300 e. The van der Waals surface area contributed by atoms with Crippen LogP contribution in [0.3, 0.4) is 0 Å². The maximum absolute atomic E-state index is 9.00. The largest absolute Gasteiger partial charge is 0.481 e. The van der Waals surface area contributed by atoms with E-state index in [-0.39, 0.29) is 18.8 Å². The van der Waals surface area contributed by atoms with Gasteiger partial charge in [-0.05, 0) is 20.8 Å². The van der Waals surface area contributed by atoms with E-state index in [2.05, 4.69) is 0 Å². The molecule has 0 rings (SSSR count). The Hall–Kier alpha value is -0.650. The molecule has 0 bridgehead atoms. The van der Waals surface area contributed by atoms with Gasteiger partial charge in [-0.1, -0.05) is 0 Å². The summed E-state index contributed by atoms with van der Waals surface area (Å²) in [6.07, 6.45) is 0.0342. The molecule has 0 aliphatic rings. The summed E-state index contributed by atoms with van der Waals surface area (Å²) in [5.74, 6) is -0.833. The molecule has 0 aliphatic heterocycles. The molecule has 5 nitrogen and oxygen atoms in total. The van der Waals surface area contributed by atoms with Gasteiger partial charge in [-0.25, -0.2) is 0 Å². The van der Waals surface area contributed by atoms with E-state index in [1.807, 2.05) is 20.8 Å². The van der Waals surface area contributed by atoms with E-state index in [4.69, 9.17) is 24.5 Å². The van der Waals surface area contributed by atoms with Crippen molar-refractivity contribution in [3.8, 4) is 0 Å². The van der Waals surface area contributed by atoms with Gasteiger partial charge in [-0.3, -0.25) is 4.79 Å². The number of hydrogen-bond acceptors (Lipinski definition) is 4. The molecule has 0 aromatic carbocycles. The third-order valence-electron chi connectivity index (χ3n) is 1.32. The second kappa shape index (κ2) is 11.4. The number of aliphatic hydroxyl groups excluding tert-OH is 1. The van der Waals surface area contributed by atoms with Crippen molar-refractivity contribution in [1.82, 2.24) is 0 Å². The summed E-state index contributed by atoms with van der Waals surface area (Å²) in [6, 6.07) is 0. The lowest BCUT2D eigenvalue weighted by molar-refractivity contribution is -0.134. The molecule has 0 spiro atoms. The summed E-state index contributed by atoms with van der Waals surface area (Å²) in [6.45, 7) is 8.14. The van der Waals surface area contributed by atoms with Crippen LogP contribution < -0.4 is 0 Å². The molecule has 2 unspecified atom stereocenters. The molecular formula is C10H22O5. The predicted molar refractivity (Wildman–Crippen MR) is 56.9 cm³/mol. The van der Waals surface area contributed by atoms with Crippen molar-refractivity contribution in [1.29, 1.82) is 0 Å². The molecule has 0 aliphatic carbocycles. The third-order valence-corrected chi connectivity index (χ3v) is 1.32. The Labute approximate surface area is 91.0 Å². The molecule has 0 heterocycles. The Kier molecular flexibility index (Phi) is 12.8. The molecule has 0 fully saturated rings. The summed E-state index contributed by atoms with van der Waals surface area (Å²) in [4.78, 5) is 9.00. The summed E-state index contributed by atoms with van der Waals surface area (Å²) in [5, 5.41) is 16.0. The minimum absolute atomic E-state index is 0.0683. The van der Waals surface area contributed by atoms with Crippen molar-refractivity contribution in [2.45, 2.75) is 39.9 Å². The molecule has 0 aromatic heterocycles. The summed E-state index contributed by atoms with van der Waals surface area (Å²) < 4.78 is 10.5. The standard InChI is InChI=1S/C8H18O3.C2H4O2/c1-4-10-8(3)6-11-7(2)5-9;1-2(3)4/h7-9H,4-6H2,1-3H3;1H3,(H,3,4). The Morgan fingerprint density at radius 3 is 2.07 bits per heavy atom. The third kappa shape index (κ3) is 19.7. The molecule has 0 aromatic rings. The zero-order chi connectivity index (χ0) is 12.3. The van der Waals surface area contributed by atoms with Crippen LogP contribution in [0.15, 0.2) is 0 Å². The number of aliphatic carboxylic acids is 1. The van der Waals surface area contributed by atoms with Gasteiger partial charge in [0, 0.05) is 13.5 Å². The fourth-order valence-electron chi connectivity index (χ4n) is 0.685. The van der Waals surface area contributed by atoms with E-state index in [9.17, 15) is 0 Å². The Balaban J connectivity index is 0. The van der Waals surface area contributed by atoms with Gasteiger partial charge in [0.05, 0.1) is 25.4 Å². The van der Waals surface area contributed by atoms with E-state index in [1.54, 1.807) is 0 Å². The minimum Gasteiger partial charge on any atom is -0.481 e. The van der Waals surface area contributed by atoms with E-state index in [1.165, 1.54) is 0 Å². The van der Waals surface area contributed by atoms with Crippen molar-refractivity contribution < 1.29 is 24.5 Å². The van der Waals surface area contributed by atoms with E-state index < -0.39 is 5.97 Å². The van der Waals surface area contributed by atoms with Gasteiger partial charge in [0.2, 0.25) is 0 Å². The fraction of sp³-hybridized carbons (Fsp3) is 0.900. The summed E-state index contributed by atoms with van der Waals surface area (Å²) >= 11 is 0. The number of ether oxygens (including phenoxy) is 2. The Morgan fingerprint density at radius 1 is 1.27 bits per heavy atom. The van der Waals surface area contributed by atoms with Gasteiger partial charge in [0.15, 0.2) is 0 Å². The molecule has 0 saturated carbocycles. The number of carboxylic acid groups (broad SMARTS) is 1. The number of carboxylic acids is 1. The second-order valence-corrected chi connectivity index (χ2v) is 3.11. The lowest BCUT2D eigenvalue weighted by Gasteiger charge is -2.14. The highest BCUT2D eigenvalue weighted by atomic mass is 16.5. The first kappa shape index (κ1) is 16.8. The topological polar surface area (TPSA) is 76.0 Å². The number of rotatable bonds is 6. The normalized spacial score (nSPS) is 13.7.